The fourth-order valence-electron chi connectivity index (χ4n) is 3.08. The third kappa shape index (κ3) is 11.2. The molecule has 0 fully saturated rings. The van der Waals surface area contributed by atoms with Gasteiger partial charge in [-0.1, -0.05) is 84.0 Å². The summed E-state index contributed by atoms with van der Waals surface area (Å²) < 4.78 is 0. The molecule has 0 N–H and O–H groups in total. The third-order valence-electron chi connectivity index (χ3n) is 4.64. The first-order valence-corrected chi connectivity index (χ1v) is 10.0. The molecule has 0 spiro atoms. The van der Waals surface area contributed by atoms with Gasteiger partial charge in [-0.3, -0.25) is 0 Å². The third-order valence-corrected chi connectivity index (χ3v) is 4.64. The lowest BCUT2D eigenvalue weighted by Gasteiger charge is -2.18. The topological polar surface area (TPSA) is 32.7 Å². The lowest BCUT2D eigenvalue weighted by Crippen LogP contribution is -2.13. The van der Waals surface area contributed by atoms with Gasteiger partial charge < -0.3 is 4.90 Å². The van der Waals surface area contributed by atoms with E-state index in [0.717, 1.165) is 12.1 Å². The van der Waals surface area contributed by atoms with Crippen LogP contribution in [0.1, 0.15) is 90.4 Å². The van der Waals surface area contributed by atoms with Crippen LogP contribution in [-0.4, -0.2) is 11.4 Å². The fourth-order valence-corrected chi connectivity index (χ4v) is 3.08. The van der Waals surface area contributed by atoms with Crippen molar-refractivity contribution in [2.45, 2.75) is 90.4 Å². The van der Waals surface area contributed by atoms with Gasteiger partial charge in [0.2, 0.25) is 0 Å². The van der Waals surface area contributed by atoms with Gasteiger partial charge in [0.1, 0.15) is 0 Å². The maximum atomic E-state index is 10.2. The maximum absolute atomic E-state index is 10.2. The van der Waals surface area contributed by atoms with E-state index in [0.29, 0.717) is 0 Å². The van der Waals surface area contributed by atoms with E-state index in [1.54, 1.807) is 0 Å². The lowest BCUT2D eigenvalue weighted by atomic mass is 10.0. The first-order valence-electron chi connectivity index (χ1n) is 10.0. The minimum atomic E-state index is 0.867. The molecule has 0 saturated heterocycles. The number of nitrogens with zero attached hydrogens (tertiary/aromatic N) is 2. The van der Waals surface area contributed by atoms with Crippen LogP contribution >= 0.6 is 0 Å². The molecule has 0 bridgehead atoms. The Morgan fingerprint density at radius 2 is 1.25 bits per heavy atom. The maximum Gasteiger partial charge on any atom is 0.0788 e. The molecule has 3 nitrogen and oxygen atoms in total. The monoisotopic (exact) mass is 332 g/mol. The Hall–Kier alpha value is -1.38. The van der Waals surface area contributed by atoms with E-state index in [4.69, 9.17) is 0 Å². The van der Waals surface area contributed by atoms with Gasteiger partial charge in [-0.2, -0.15) is 0 Å². The minimum Gasteiger partial charge on any atom is -0.354 e. The molecular formula is C21H36N2O. The summed E-state index contributed by atoms with van der Waals surface area (Å²) in [6.45, 7) is 3.34. The molecule has 0 aromatic heterocycles. The molecule has 1 heterocycles. The molecule has 0 aromatic carbocycles. The van der Waals surface area contributed by atoms with Crippen molar-refractivity contribution < 1.29 is 0 Å². The van der Waals surface area contributed by atoms with Crippen LogP contribution in [0.3, 0.4) is 0 Å². The molecule has 3 heteroatoms. The largest absolute Gasteiger partial charge is 0.354 e. The second-order valence-electron chi connectivity index (χ2n) is 6.85. The van der Waals surface area contributed by atoms with Gasteiger partial charge in [-0.15, -0.1) is 4.91 Å². The summed E-state index contributed by atoms with van der Waals surface area (Å²) in [5.41, 5.74) is 0.867. The molecule has 0 aliphatic carbocycles. The van der Waals surface area contributed by atoms with E-state index < -0.39 is 0 Å². The van der Waals surface area contributed by atoms with Crippen molar-refractivity contribution in [2.24, 2.45) is 5.18 Å². The zero-order valence-electron chi connectivity index (χ0n) is 15.6. The predicted molar refractivity (Wildman–Crippen MR) is 105 cm³/mol. The Morgan fingerprint density at radius 1 is 0.792 bits per heavy atom. The Labute approximate surface area is 148 Å². The van der Waals surface area contributed by atoms with Crippen LogP contribution in [0.4, 0.5) is 0 Å². The van der Waals surface area contributed by atoms with Crippen LogP contribution in [0.25, 0.3) is 0 Å². The summed E-state index contributed by atoms with van der Waals surface area (Å²) in [5, 5.41) is 2.79. The van der Waals surface area contributed by atoms with Gasteiger partial charge in [-0.05, 0) is 29.3 Å². The van der Waals surface area contributed by atoms with Gasteiger partial charge >= 0.3 is 0 Å². The average Bonchev–Trinajstić information content (AvgIpc) is 2.60. The van der Waals surface area contributed by atoms with Crippen molar-refractivity contribution in [1.29, 1.82) is 0 Å². The molecule has 1 rings (SSSR count). The first-order chi connectivity index (χ1) is 11.9. The smallest absolute Gasteiger partial charge is 0.0788 e. The van der Waals surface area contributed by atoms with Crippen LogP contribution in [0.2, 0.25) is 0 Å². The molecule has 0 unspecified atom stereocenters. The zero-order valence-corrected chi connectivity index (χ0v) is 15.6. The zero-order chi connectivity index (χ0) is 17.3. The summed E-state index contributed by atoms with van der Waals surface area (Å²) >= 11 is 0. The number of rotatable bonds is 15. The van der Waals surface area contributed by atoms with Crippen molar-refractivity contribution in [3.05, 3.63) is 41.2 Å². The molecule has 136 valence electrons. The van der Waals surface area contributed by atoms with Gasteiger partial charge in [0, 0.05) is 18.9 Å². The van der Waals surface area contributed by atoms with Crippen LogP contribution in [0.15, 0.2) is 41.5 Å². The summed E-state index contributed by atoms with van der Waals surface area (Å²) in [6, 6.07) is 0. The Bertz CT molecular complexity index is 383. The molecule has 0 saturated carbocycles. The number of allylic oxidation sites excluding steroid dienone is 3. The standard InChI is InChI=1S/C21H36N2O/c1-2-3-4-5-6-7-8-9-10-11-12-13-14-17-23-18-15-21(16-19-23)20-22-24/h15-16,18-20H,2-14,17H2,1H3. The summed E-state index contributed by atoms with van der Waals surface area (Å²) in [7, 11) is 0. The van der Waals surface area contributed by atoms with E-state index in [1.807, 2.05) is 24.6 Å². The van der Waals surface area contributed by atoms with E-state index in [9.17, 15) is 4.91 Å². The number of hydrogen-bond acceptors (Lipinski definition) is 3. The number of nitroso groups, excluding NO2 is 1. The molecule has 0 radical (unpaired) electrons. The fraction of sp³-hybridized carbons (Fsp3) is 0.714. The Morgan fingerprint density at radius 3 is 1.71 bits per heavy atom. The average molecular weight is 333 g/mol. The first kappa shape index (κ1) is 20.7. The van der Waals surface area contributed by atoms with Crippen LogP contribution in [0.5, 0.6) is 0 Å². The molecule has 1 aliphatic heterocycles. The van der Waals surface area contributed by atoms with Gasteiger partial charge in [0.05, 0.1) is 6.20 Å². The van der Waals surface area contributed by atoms with Gasteiger partial charge in [-0.25, -0.2) is 0 Å². The van der Waals surface area contributed by atoms with Crippen molar-refractivity contribution in [2.75, 3.05) is 6.54 Å². The van der Waals surface area contributed by atoms with Crippen molar-refractivity contribution in [3.63, 3.8) is 0 Å². The van der Waals surface area contributed by atoms with E-state index >= 15 is 0 Å². The Kier molecular flexibility index (Phi) is 13.1. The summed E-state index contributed by atoms with van der Waals surface area (Å²) in [5.74, 6) is 0. The summed E-state index contributed by atoms with van der Waals surface area (Å²) in [6.07, 6.45) is 27.3. The highest BCUT2D eigenvalue weighted by Gasteiger charge is 2.00. The molecule has 0 aromatic rings. The molecule has 0 amide bonds. The SMILES string of the molecule is CCCCCCCCCCCCCCCN1C=CC(=CN=O)C=C1. The molecule has 24 heavy (non-hydrogen) atoms. The highest BCUT2D eigenvalue weighted by atomic mass is 16.2. The highest BCUT2D eigenvalue weighted by molar-refractivity contribution is 5.33. The van der Waals surface area contributed by atoms with E-state index in [1.165, 1.54) is 89.7 Å². The predicted octanol–water partition coefficient (Wildman–Crippen LogP) is 7.07. The highest BCUT2D eigenvalue weighted by Crippen LogP contribution is 2.14. The second-order valence-corrected chi connectivity index (χ2v) is 6.85. The van der Waals surface area contributed by atoms with Crippen LogP contribution in [-0.2, 0) is 0 Å². The quantitative estimate of drug-likeness (QED) is 0.237. The second kappa shape index (κ2) is 15.2. The van der Waals surface area contributed by atoms with Gasteiger partial charge in [0.25, 0.3) is 0 Å². The van der Waals surface area contributed by atoms with Crippen LogP contribution < -0.4 is 0 Å². The molecule has 0 atom stereocenters. The minimum absolute atomic E-state index is 0.867. The van der Waals surface area contributed by atoms with Crippen molar-refractivity contribution in [3.8, 4) is 0 Å². The van der Waals surface area contributed by atoms with E-state index in [2.05, 4.69) is 17.0 Å². The number of unbranched alkanes of at least 4 members (excludes halogenated alkanes) is 12. The molecular weight excluding hydrogens is 296 g/mol. The van der Waals surface area contributed by atoms with Crippen molar-refractivity contribution >= 4 is 0 Å². The summed E-state index contributed by atoms with van der Waals surface area (Å²) in [4.78, 5) is 12.3. The van der Waals surface area contributed by atoms with Gasteiger partial charge in [0.15, 0.2) is 0 Å². The van der Waals surface area contributed by atoms with Crippen molar-refractivity contribution in [1.82, 2.24) is 4.90 Å². The normalized spacial score (nSPS) is 13.5. The molecule has 1 aliphatic rings. The van der Waals surface area contributed by atoms with E-state index in [-0.39, 0.29) is 0 Å². The Balaban J connectivity index is 1.83. The lowest BCUT2D eigenvalue weighted by molar-refractivity contribution is 0.461. The number of hydrogen-bond donors (Lipinski definition) is 0. The van der Waals surface area contributed by atoms with Crippen LogP contribution in [0, 0.1) is 4.91 Å².